The Labute approximate surface area is 285 Å². The molecule has 0 unspecified atom stereocenters. The Morgan fingerprint density at radius 3 is 1.43 bits per heavy atom. The number of hydrogen-bond donors (Lipinski definition) is 0. The van der Waals surface area contributed by atoms with Crippen molar-refractivity contribution >= 4 is 56.9 Å². The molecular formula is C31H26N3O4RbS. The maximum absolute atomic E-state index is 13.0. The molecule has 2 heterocycles. The van der Waals surface area contributed by atoms with Crippen LogP contribution in [0.2, 0.25) is 0 Å². The van der Waals surface area contributed by atoms with Gasteiger partial charge < -0.3 is 5.32 Å². The molecule has 6 rings (SSSR count). The molecule has 9 heteroatoms. The van der Waals surface area contributed by atoms with Gasteiger partial charge in [0.1, 0.15) is 0 Å². The Balaban J connectivity index is 0.00000323. The van der Waals surface area contributed by atoms with Crippen LogP contribution in [0.25, 0.3) is 26.9 Å². The Bertz CT molecular complexity index is 1430. The van der Waals surface area contributed by atoms with Crippen LogP contribution in [0.3, 0.4) is 0 Å². The van der Waals surface area contributed by atoms with Crippen molar-refractivity contribution in [1.82, 2.24) is 9.80 Å². The number of carbonyl (C=O) groups excluding carboxylic acids is 4. The minimum Gasteiger partial charge on any atom is -0.661 e. The van der Waals surface area contributed by atoms with Crippen molar-refractivity contribution in [2.75, 3.05) is 37.7 Å². The molecule has 0 radical (unpaired) electrons. The van der Waals surface area contributed by atoms with E-state index >= 15 is 0 Å². The molecule has 4 aromatic carbocycles. The van der Waals surface area contributed by atoms with Crippen LogP contribution in [0.15, 0.2) is 72.8 Å². The fraction of sp³-hybridized carbons (Fsp3) is 0.226. The fourth-order valence-electron chi connectivity index (χ4n) is 5.39. The summed E-state index contributed by atoms with van der Waals surface area (Å²) in [4.78, 5) is 54.5. The van der Waals surface area contributed by atoms with Crippen LogP contribution in [0.5, 0.6) is 0 Å². The van der Waals surface area contributed by atoms with Gasteiger partial charge in [0.25, 0.3) is 23.6 Å². The topological polar surface area (TPSA) is 88.9 Å². The smallest absolute Gasteiger partial charge is 0.661 e. The number of rotatable bonds is 10. The van der Waals surface area contributed by atoms with Gasteiger partial charge in [-0.25, -0.2) is 0 Å². The molecule has 196 valence electrons. The molecule has 0 bridgehead atoms. The molecule has 2 aliphatic rings. The zero-order valence-corrected chi connectivity index (χ0v) is 28.0. The monoisotopic (exact) mass is 621 g/mol. The van der Waals surface area contributed by atoms with Gasteiger partial charge in [0, 0.05) is 51.9 Å². The molecule has 0 aromatic heterocycles. The van der Waals surface area contributed by atoms with Crippen LogP contribution < -0.4 is 58.2 Å². The van der Waals surface area contributed by atoms with E-state index < -0.39 is 0 Å². The predicted octanol–water partition coefficient (Wildman–Crippen LogP) is 2.39. The SMILES string of the molecule is O=C1c2cccc3cccc(c23)C(=O)N1CC[N-]CCCSCCN1C(=O)c2cccc3cccc(c23)C1=O.[Rb+]. The summed E-state index contributed by atoms with van der Waals surface area (Å²) in [6.45, 7) is 1.62. The predicted molar refractivity (Wildman–Crippen MR) is 154 cm³/mol. The van der Waals surface area contributed by atoms with E-state index in [9.17, 15) is 19.2 Å². The van der Waals surface area contributed by atoms with Gasteiger partial charge in [0.15, 0.2) is 0 Å². The van der Waals surface area contributed by atoms with Crippen LogP contribution in [0, 0.1) is 0 Å². The molecule has 4 amide bonds. The quantitative estimate of drug-likeness (QED) is 0.201. The number of carbonyl (C=O) groups is 4. The number of imide groups is 2. The first-order valence-corrected chi connectivity index (χ1v) is 14.2. The molecule has 0 aliphatic carbocycles. The second kappa shape index (κ2) is 12.8. The van der Waals surface area contributed by atoms with E-state index in [2.05, 4.69) is 5.32 Å². The van der Waals surface area contributed by atoms with E-state index in [1.807, 2.05) is 48.5 Å². The van der Waals surface area contributed by atoms with E-state index in [1.54, 1.807) is 36.0 Å². The molecule has 2 aliphatic heterocycles. The zero-order valence-electron chi connectivity index (χ0n) is 22.3. The summed E-state index contributed by atoms with van der Waals surface area (Å²) >= 11 is 1.68. The third-order valence-corrected chi connectivity index (χ3v) is 8.31. The molecular weight excluding hydrogens is 596 g/mol. The first-order chi connectivity index (χ1) is 19.1. The normalized spacial score (nSPS) is 14.3. The van der Waals surface area contributed by atoms with E-state index in [-0.39, 0.29) is 88.4 Å². The van der Waals surface area contributed by atoms with E-state index in [0.717, 1.165) is 33.7 Å². The van der Waals surface area contributed by atoms with Crippen LogP contribution in [-0.2, 0) is 0 Å². The van der Waals surface area contributed by atoms with Crippen molar-refractivity contribution < 1.29 is 77.4 Å². The molecule has 0 fully saturated rings. The summed E-state index contributed by atoms with van der Waals surface area (Å²) in [6.07, 6.45) is 0.832. The Morgan fingerprint density at radius 1 is 0.550 bits per heavy atom. The largest absolute Gasteiger partial charge is 1.00 e. The Kier molecular flexibility index (Phi) is 9.34. The first-order valence-electron chi connectivity index (χ1n) is 13.0. The van der Waals surface area contributed by atoms with Crippen LogP contribution in [-0.4, -0.2) is 71.1 Å². The summed E-state index contributed by atoms with van der Waals surface area (Å²) in [5, 5.41) is 7.79. The van der Waals surface area contributed by atoms with Gasteiger partial charge in [-0.1, -0.05) is 55.0 Å². The number of amides is 4. The van der Waals surface area contributed by atoms with Gasteiger partial charge in [-0.2, -0.15) is 11.8 Å². The standard InChI is InChI=1S/C31H26N3O4S.Rb/c35-28-22-10-1-6-20-7-2-11-23(26(20)22)29(36)33(28)16-15-32-14-5-18-39-19-17-34-30(37)24-12-3-8-21-9-4-13-25(27(21)24)31(34)38;/h1-4,6-13H,5,14-19H2;/q-1;+1. The molecule has 7 nitrogen and oxygen atoms in total. The van der Waals surface area contributed by atoms with Crippen molar-refractivity contribution in [3.63, 3.8) is 0 Å². The third-order valence-electron chi connectivity index (χ3n) is 7.26. The Hall–Kier alpha value is -2.20. The molecule has 0 saturated heterocycles. The Morgan fingerprint density at radius 2 is 0.975 bits per heavy atom. The molecule has 40 heavy (non-hydrogen) atoms. The summed E-state index contributed by atoms with van der Waals surface area (Å²) in [5.74, 6) is 0.479. The number of nitrogens with zero attached hydrogens (tertiary/aromatic N) is 3. The fourth-order valence-corrected chi connectivity index (χ4v) is 6.23. The average Bonchev–Trinajstić information content (AvgIpc) is 2.96. The number of benzene rings is 4. The van der Waals surface area contributed by atoms with Gasteiger partial charge in [0.05, 0.1) is 0 Å². The van der Waals surface area contributed by atoms with Crippen LogP contribution in [0.1, 0.15) is 47.9 Å². The summed E-state index contributed by atoms with van der Waals surface area (Å²) in [5.41, 5.74) is 2.28. The molecule has 4 aromatic rings. The van der Waals surface area contributed by atoms with Crippen LogP contribution in [0.4, 0.5) is 0 Å². The molecule has 0 atom stereocenters. The van der Waals surface area contributed by atoms with E-state index in [4.69, 9.17) is 0 Å². The number of thioether (sulfide) groups is 1. The van der Waals surface area contributed by atoms with Crippen LogP contribution >= 0.6 is 11.8 Å². The van der Waals surface area contributed by atoms with Crippen molar-refractivity contribution in [3.8, 4) is 0 Å². The average molecular weight is 622 g/mol. The van der Waals surface area contributed by atoms with Gasteiger partial charge >= 0.3 is 58.2 Å². The van der Waals surface area contributed by atoms with Crippen molar-refractivity contribution in [2.45, 2.75) is 6.42 Å². The summed E-state index contributed by atoms with van der Waals surface area (Å²) < 4.78 is 0. The van der Waals surface area contributed by atoms with Crippen molar-refractivity contribution in [3.05, 3.63) is 100 Å². The van der Waals surface area contributed by atoms with Gasteiger partial charge in [0.2, 0.25) is 0 Å². The summed E-state index contributed by atoms with van der Waals surface area (Å²) in [7, 11) is 0. The first kappa shape index (κ1) is 29.3. The minimum atomic E-state index is -0.268. The number of hydrogen-bond acceptors (Lipinski definition) is 5. The second-order valence-electron chi connectivity index (χ2n) is 9.58. The van der Waals surface area contributed by atoms with Gasteiger partial charge in [-0.3, -0.25) is 29.0 Å². The van der Waals surface area contributed by atoms with E-state index in [0.29, 0.717) is 47.6 Å². The second-order valence-corrected chi connectivity index (χ2v) is 10.8. The molecule has 0 saturated carbocycles. The van der Waals surface area contributed by atoms with Crippen molar-refractivity contribution in [1.29, 1.82) is 0 Å². The molecule has 0 spiro atoms. The van der Waals surface area contributed by atoms with Crippen molar-refractivity contribution in [2.24, 2.45) is 0 Å². The zero-order chi connectivity index (χ0) is 26.9. The maximum Gasteiger partial charge on any atom is 1.00 e. The summed E-state index contributed by atoms with van der Waals surface area (Å²) in [6, 6.07) is 22.1. The molecule has 0 N–H and O–H groups in total. The van der Waals surface area contributed by atoms with Gasteiger partial charge in [-0.05, 0) is 40.8 Å². The van der Waals surface area contributed by atoms with E-state index in [1.165, 1.54) is 9.80 Å². The maximum atomic E-state index is 13.0. The van der Waals surface area contributed by atoms with Gasteiger partial charge in [-0.15, -0.1) is 13.1 Å². The minimum absolute atomic E-state index is 0. The third kappa shape index (κ3) is 5.37.